The molecule has 1 fully saturated rings. The molecule has 0 aromatic heterocycles. The van der Waals surface area contributed by atoms with Crippen LogP contribution in [0.2, 0.25) is 0 Å². The smallest absolute Gasteiger partial charge is 0.251 e. The van der Waals surface area contributed by atoms with E-state index in [2.05, 4.69) is 34.5 Å². The lowest BCUT2D eigenvalue weighted by atomic mass is 10.1. The summed E-state index contributed by atoms with van der Waals surface area (Å²) in [7, 11) is 0. The van der Waals surface area contributed by atoms with Crippen LogP contribution in [0.3, 0.4) is 0 Å². The molecule has 0 saturated carbocycles. The predicted molar refractivity (Wildman–Crippen MR) is 97.9 cm³/mol. The Morgan fingerprint density at radius 1 is 0.917 bits per heavy atom. The maximum Gasteiger partial charge on any atom is 0.251 e. The van der Waals surface area contributed by atoms with E-state index < -0.39 is 0 Å². The van der Waals surface area contributed by atoms with Crippen molar-refractivity contribution < 1.29 is 4.79 Å². The third-order valence-electron chi connectivity index (χ3n) is 4.64. The van der Waals surface area contributed by atoms with Gasteiger partial charge in [0.1, 0.15) is 0 Å². The van der Waals surface area contributed by atoms with E-state index in [1.54, 1.807) is 0 Å². The Morgan fingerprint density at radius 2 is 1.54 bits per heavy atom. The van der Waals surface area contributed by atoms with Crippen LogP contribution in [0, 0.1) is 6.92 Å². The number of nitrogens with zero attached hydrogens (tertiary/aromatic N) is 1. The first-order valence-electron chi connectivity index (χ1n) is 8.86. The molecule has 0 aliphatic carbocycles. The van der Waals surface area contributed by atoms with Crippen molar-refractivity contribution in [3.05, 3.63) is 70.8 Å². The van der Waals surface area contributed by atoms with Gasteiger partial charge in [-0.2, -0.15) is 0 Å². The number of likely N-dealkylation sites (tertiary alicyclic amines) is 1. The lowest BCUT2D eigenvalue weighted by Crippen LogP contribution is -2.29. The Bertz CT molecular complexity index is 655. The van der Waals surface area contributed by atoms with Crippen LogP contribution in [0.4, 0.5) is 0 Å². The number of hydrogen-bond donors (Lipinski definition) is 1. The van der Waals surface area contributed by atoms with Crippen molar-refractivity contribution in [3.63, 3.8) is 0 Å². The molecule has 1 aliphatic rings. The van der Waals surface area contributed by atoms with Gasteiger partial charge in [0.25, 0.3) is 5.91 Å². The lowest BCUT2D eigenvalue weighted by Gasteiger charge is -2.26. The van der Waals surface area contributed by atoms with Gasteiger partial charge < -0.3 is 5.32 Å². The predicted octanol–water partition coefficient (Wildman–Crippen LogP) is 3.91. The largest absolute Gasteiger partial charge is 0.348 e. The zero-order valence-electron chi connectivity index (χ0n) is 14.4. The Labute approximate surface area is 144 Å². The van der Waals surface area contributed by atoms with Crippen LogP contribution in [0.1, 0.15) is 46.3 Å². The van der Waals surface area contributed by atoms with Gasteiger partial charge in [0, 0.05) is 18.7 Å². The van der Waals surface area contributed by atoms with Gasteiger partial charge in [-0.05, 0) is 56.1 Å². The molecule has 1 heterocycles. The second-order valence-electron chi connectivity index (χ2n) is 6.70. The third-order valence-corrected chi connectivity index (χ3v) is 4.64. The molecule has 1 N–H and O–H groups in total. The monoisotopic (exact) mass is 322 g/mol. The fourth-order valence-electron chi connectivity index (χ4n) is 3.13. The van der Waals surface area contributed by atoms with Crippen molar-refractivity contribution in [2.24, 2.45) is 0 Å². The zero-order chi connectivity index (χ0) is 16.8. The number of carbonyl (C=O) groups excluding carboxylic acids is 1. The fraction of sp³-hybridized carbons (Fsp3) is 0.381. The first-order valence-corrected chi connectivity index (χ1v) is 8.86. The van der Waals surface area contributed by atoms with Gasteiger partial charge in [-0.1, -0.05) is 48.4 Å². The van der Waals surface area contributed by atoms with Gasteiger partial charge in [0.05, 0.1) is 0 Å². The van der Waals surface area contributed by atoms with Crippen LogP contribution in [0.25, 0.3) is 0 Å². The summed E-state index contributed by atoms with van der Waals surface area (Å²) in [5.41, 5.74) is 4.36. The molecule has 0 atom stereocenters. The van der Waals surface area contributed by atoms with Crippen LogP contribution in [0.15, 0.2) is 48.5 Å². The first-order chi connectivity index (χ1) is 11.7. The van der Waals surface area contributed by atoms with Crippen LogP contribution in [-0.2, 0) is 13.1 Å². The molecule has 2 aromatic rings. The molecule has 0 unspecified atom stereocenters. The minimum atomic E-state index is -0.0209. The maximum atomic E-state index is 12.1. The Morgan fingerprint density at radius 3 is 2.21 bits per heavy atom. The summed E-state index contributed by atoms with van der Waals surface area (Å²) in [6.07, 6.45) is 4.02. The number of carbonyl (C=O) groups is 1. The molecule has 1 aliphatic heterocycles. The molecular weight excluding hydrogens is 296 g/mol. The number of benzene rings is 2. The second-order valence-corrected chi connectivity index (χ2v) is 6.70. The van der Waals surface area contributed by atoms with Crippen molar-refractivity contribution >= 4 is 5.91 Å². The van der Waals surface area contributed by atoms with Gasteiger partial charge in [-0.25, -0.2) is 0 Å². The summed E-state index contributed by atoms with van der Waals surface area (Å²) in [5, 5.41) is 2.99. The first kappa shape index (κ1) is 16.7. The van der Waals surface area contributed by atoms with E-state index in [0.717, 1.165) is 17.7 Å². The number of amides is 1. The normalized spacial score (nSPS) is 15.2. The highest BCUT2D eigenvalue weighted by atomic mass is 16.1. The van der Waals surface area contributed by atoms with E-state index >= 15 is 0 Å². The summed E-state index contributed by atoms with van der Waals surface area (Å²) in [6.45, 7) is 6.06. The van der Waals surface area contributed by atoms with E-state index in [1.807, 2.05) is 31.2 Å². The topological polar surface area (TPSA) is 32.3 Å². The minimum Gasteiger partial charge on any atom is -0.348 e. The number of aryl methyl sites for hydroxylation is 1. The summed E-state index contributed by atoms with van der Waals surface area (Å²) < 4.78 is 0. The van der Waals surface area contributed by atoms with Crippen molar-refractivity contribution in [1.82, 2.24) is 10.2 Å². The molecule has 0 spiro atoms. The Kier molecular flexibility index (Phi) is 5.65. The fourth-order valence-corrected chi connectivity index (χ4v) is 3.13. The second kappa shape index (κ2) is 8.11. The number of nitrogens with one attached hydrogen (secondary N) is 1. The van der Waals surface area contributed by atoms with E-state index in [1.165, 1.54) is 37.9 Å². The van der Waals surface area contributed by atoms with Crippen LogP contribution >= 0.6 is 0 Å². The summed E-state index contributed by atoms with van der Waals surface area (Å²) in [4.78, 5) is 14.7. The molecule has 126 valence electrons. The molecule has 2 aromatic carbocycles. The van der Waals surface area contributed by atoms with E-state index in [4.69, 9.17) is 0 Å². The van der Waals surface area contributed by atoms with Gasteiger partial charge >= 0.3 is 0 Å². The average molecular weight is 322 g/mol. The molecule has 3 nitrogen and oxygen atoms in total. The van der Waals surface area contributed by atoms with Crippen molar-refractivity contribution in [2.75, 3.05) is 13.1 Å². The molecule has 3 heteroatoms. The van der Waals surface area contributed by atoms with Crippen LogP contribution in [-0.4, -0.2) is 23.9 Å². The lowest BCUT2D eigenvalue weighted by molar-refractivity contribution is 0.0951. The highest BCUT2D eigenvalue weighted by molar-refractivity contribution is 5.94. The molecule has 0 bridgehead atoms. The Balaban J connectivity index is 1.50. The quantitative estimate of drug-likeness (QED) is 0.905. The number of rotatable bonds is 5. The maximum absolute atomic E-state index is 12.1. The number of hydrogen-bond acceptors (Lipinski definition) is 2. The molecule has 1 amide bonds. The van der Waals surface area contributed by atoms with Gasteiger partial charge in [-0.3, -0.25) is 9.69 Å². The average Bonchev–Trinajstić information content (AvgIpc) is 2.62. The van der Waals surface area contributed by atoms with Crippen molar-refractivity contribution in [3.8, 4) is 0 Å². The van der Waals surface area contributed by atoms with E-state index in [0.29, 0.717) is 12.1 Å². The standard InChI is InChI=1S/C21H26N2O/c1-17-5-11-20(12-6-17)21(24)22-15-18-7-9-19(10-8-18)16-23-13-3-2-4-14-23/h5-12H,2-4,13-16H2,1H3,(H,22,24). The Hall–Kier alpha value is -2.13. The van der Waals surface area contributed by atoms with E-state index in [9.17, 15) is 4.79 Å². The summed E-state index contributed by atoms with van der Waals surface area (Å²) in [6, 6.07) is 16.3. The molecule has 1 saturated heterocycles. The molecule has 24 heavy (non-hydrogen) atoms. The van der Waals surface area contributed by atoms with Gasteiger partial charge in [0.2, 0.25) is 0 Å². The highest BCUT2D eigenvalue weighted by Gasteiger charge is 2.10. The molecule has 3 rings (SSSR count). The van der Waals surface area contributed by atoms with Crippen molar-refractivity contribution in [2.45, 2.75) is 39.3 Å². The zero-order valence-corrected chi connectivity index (χ0v) is 14.4. The van der Waals surface area contributed by atoms with Crippen LogP contribution < -0.4 is 5.32 Å². The molecular formula is C21H26N2O. The highest BCUT2D eigenvalue weighted by Crippen LogP contribution is 2.13. The minimum absolute atomic E-state index is 0.0209. The van der Waals surface area contributed by atoms with E-state index in [-0.39, 0.29) is 5.91 Å². The third kappa shape index (κ3) is 4.68. The van der Waals surface area contributed by atoms with Crippen LogP contribution in [0.5, 0.6) is 0 Å². The van der Waals surface area contributed by atoms with Crippen molar-refractivity contribution in [1.29, 1.82) is 0 Å². The van der Waals surface area contributed by atoms with Gasteiger partial charge in [-0.15, -0.1) is 0 Å². The van der Waals surface area contributed by atoms with Gasteiger partial charge in [0.15, 0.2) is 0 Å². The summed E-state index contributed by atoms with van der Waals surface area (Å²) in [5.74, 6) is -0.0209. The summed E-state index contributed by atoms with van der Waals surface area (Å²) >= 11 is 0. The number of piperidine rings is 1. The molecule has 0 radical (unpaired) electrons. The SMILES string of the molecule is Cc1ccc(C(=O)NCc2ccc(CN3CCCCC3)cc2)cc1.